The first-order valence-corrected chi connectivity index (χ1v) is 6.84. The van der Waals surface area contributed by atoms with Crippen molar-refractivity contribution < 1.29 is 4.79 Å². The van der Waals surface area contributed by atoms with Crippen LogP contribution in [0.2, 0.25) is 0 Å². The molecule has 1 rings (SSSR count). The molecule has 0 aromatic rings. The minimum atomic E-state index is 0.194. The van der Waals surface area contributed by atoms with Gasteiger partial charge in [-0.3, -0.25) is 4.79 Å². The summed E-state index contributed by atoms with van der Waals surface area (Å²) in [5.41, 5.74) is 0. The zero-order chi connectivity index (χ0) is 10.4. The Labute approximate surface area is 95.2 Å². The van der Waals surface area contributed by atoms with Gasteiger partial charge in [0, 0.05) is 11.9 Å². The molecule has 1 saturated heterocycles. The number of thioether (sulfide) groups is 1. The van der Waals surface area contributed by atoms with Crippen molar-refractivity contribution in [2.24, 2.45) is 0 Å². The molecule has 1 N–H and O–H groups in total. The van der Waals surface area contributed by atoms with Gasteiger partial charge in [-0.25, -0.2) is 0 Å². The first-order valence-electron chi connectivity index (χ1n) is 5.25. The summed E-state index contributed by atoms with van der Waals surface area (Å²) in [5, 5.41) is 3.26. The van der Waals surface area contributed by atoms with E-state index in [0.717, 1.165) is 25.0 Å². The maximum Gasteiger partial charge on any atom is 0.233 e. The van der Waals surface area contributed by atoms with E-state index in [2.05, 4.69) is 12.2 Å². The Hall–Kier alpha value is 0.110. The van der Waals surface area contributed by atoms with Gasteiger partial charge < -0.3 is 5.32 Å². The number of carbonyl (C=O) groups excluding carboxylic acids is 1. The maximum atomic E-state index is 11.7. The predicted octanol–water partition coefficient (Wildman–Crippen LogP) is 2.41. The number of rotatable bonds is 5. The van der Waals surface area contributed by atoms with E-state index in [4.69, 9.17) is 11.6 Å². The van der Waals surface area contributed by atoms with Crippen LogP contribution in [0.5, 0.6) is 0 Å². The molecule has 0 aromatic carbocycles. The molecule has 0 spiro atoms. The average Bonchev–Trinajstić information content (AvgIpc) is 2.69. The third kappa shape index (κ3) is 3.70. The van der Waals surface area contributed by atoms with Crippen LogP contribution in [-0.4, -0.2) is 28.8 Å². The van der Waals surface area contributed by atoms with Gasteiger partial charge in [-0.05, 0) is 31.4 Å². The summed E-state index contributed by atoms with van der Waals surface area (Å²) in [6, 6.07) is 0.265. The molecule has 0 aliphatic carbocycles. The second kappa shape index (κ2) is 6.57. The molecule has 1 aliphatic rings. The lowest BCUT2D eigenvalue weighted by Crippen LogP contribution is -2.39. The highest BCUT2D eigenvalue weighted by molar-refractivity contribution is 8.00. The number of hydrogen-bond acceptors (Lipinski definition) is 2. The van der Waals surface area contributed by atoms with Crippen molar-refractivity contribution in [2.75, 3.05) is 11.6 Å². The number of halogens is 1. The lowest BCUT2D eigenvalue weighted by Gasteiger charge is -2.18. The van der Waals surface area contributed by atoms with Crippen LogP contribution in [0.15, 0.2) is 0 Å². The number of alkyl halides is 1. The molecule has 82 valence electrons. The van der Waals surface area contributed by atoms with Crippen LogP contribution in [0, 0.1) is 0 Å². The third-order valence-corrected chi connectivity index (χ3v) is 4.11. The highest BCUT2D eigenvalue weighted by atomic mass is 35.5. The van der Waals surface area contributed by atoms with Gasteiger partial charge in [-0.1, -0.05) is 6.92 Å². The monoisotopic (exact) mass is 235 g/mol. The van der Waals surface area contributed by atoms with Crippen LogP contribution < -0.4 is 5.32 Å². The Morgan fingerprint density at radius 1 is 1.71 bits per heavy atom. The van der Waals surface area contributed by atoms with E-state index >= 15 is 0 Å². The predicted molar refractivity (Wildman–Crippen MR) is 63.0 cm³/mol. The molecule has 0 aromatic heterocycles. The van der Waals surface area contributed by atoms with Gasteiger partial charge in [0.1, 0.15) is 0 Å². The molecule has 0 radical (unpaired) electrons. The fourth-order valence-corrected chi connectivity index (χ4v) is 3.02. The largest absolute Gasteiger partial charge is 0.352 e. The summed E-state index contributed by atoms with van der Waals surface area (Å²) in [5.74, 6) is 1.96. The molecular weight excluding hydrogens is 218 g/mol. The smallest absolute Gasteiger partial charge is 0.233 e. The Morgan fingerprint density at radius 2 is 2.50 bits per heavy atom. The summed E-state index contributed by atoms with van der Waals surface area (Å²) >= 11 is 7.44. The van der Waals surface area contributed by atoms with Crippen molar-refractivity contribution in [1.82, 2.24) is 5.32 Å². The number of nitrogens with one attached hydrogen (secondary N) is 1. The maximum absolute atomic E-state index is 11.7. The summed E-state index contributed by atoms with van der Waals surface area (Å²) in [4.78, 5) is 11.7. The summed E-state index contributed by atoms with van der Waals surface area (Å²) in [6.45, 7) is 2.08. The average molecular weight is 236 g/mol. The Bertz CT molecular complexity index is 183. The van der Waals surface area contributed by atoms with Gasteiger partial charge in [0.25, 0.3) is 0 Å². The van der Waals surface area contributed by atoms with E-state index in [1.807, 2.05) is 0 Å². The number of hydrogen-bond donors (Lipinski definition) is 1. The van der Waals surface area contributed by atoms with Crippen molar-refractivity contribution in [3.05, 3.63) is 0 Å². The second-order valence-electron chi connectivity index (χ2n) is 3.59. The first kappa shape index (κ1) is 12.2. The zero-order valence-electron chi connectivity index (χ0n) is 8.59. The fourth-order valence-electron chi connectivity index (χ4n) is 1.59. The summed E-state index contributed by atoms with van der Waals surface area (Å²) < 4.78 is 0. The second-order valence-corrected chi connectivity index (χ2v) is 5.28. The van der Waals surface area contributed by atoms with Gasteiger partial charge in [0.15, 0.2) is 0 Å². The van der Waals surface area contributed by atoms with Crippen LogP contribution in [0.25, 0.3) is 0 Å². The molecule has 2 unspecified atom stereocenters. The van der Waals surface area contributed by atoms with Crippen molar-refractivity contribution in [2.45, 2.75) is 43.9 Å². The van der Waals surface area contributed by atoms with Crippen molar-refractivity contribution in [3.8, 4) is 0 Å². The van der Waals surface area contributed by atoms with Crippen LogP contribution in [-0.2, 0) is 4.79 Å². The van der Waals surface area contributed by atoms with E-state index in [1.54, 1.807) is 11.8 Å². The van der Waals surface area contributed by atoms with Crippen molar-refractivity contribution in [3.63, 3.8) is 0 Å². The summed E-state index contributed by atoms with van der Waals surface area (Å²) in [7, 11) is 0. The van der Waals surface area contributed by atoms with Gasteiger partial charge in [-0.2, -0.15) is 0 Å². The molecule has 1 fully saturated rings. The highest BCUT2D eigenvalue weighted by Gasteiger charge is 2.24. The quantitative estimate of drug-likeness (QED) is 0.742. The topological polar surface area (TPSA) is 29.1 Å². The standard InChI is InChI=1S/C10H18ClNOS/c1-2-8(5-6-11)12-10(13)9-4-3-7-14-9/h8-9H,2-7H2,1H3,(H,12,13). The molecule has 14 heavy (non-hydrogen) atoms. The van der Waals surface area contributed by atoms with E-state index in [1.165, 1.54) is 6.42 Å². The van der Waals surface area contributed by atoms with Gasteiger partial charge in [0.05, 0.1) is 5.25 Å². The Morgan fingerprint density at radius 3 is 3.00 bits per heavy atom. The van der Waals surface area contributed by atoms with Gasteiger partial charge in [-0.15, -0.1) is 23.4 Å². The molecule has 2 atom stereocenters. The highest BCUT2D eigenvalue weighted by Crippen LogP contribution is 2.26. The van der Waals surface area contributed by atoms with E-state index in [0.29, 0.717) is 5.88 Å². The van der Waals surface area contributed by atoms with E-state index < -0.39 is 0 Å². The molecule has 0 saturated carbocycles. The van der Waals surface area contributed by atoms with Crippen LogP contribution in [0.1, 0.15) is 32.6 Å². The first-order chi connectivity index (χ1) is 6.77. The molecular formula is C10H18ClNOS. The molecule has 2 nitrogen and oxygen atoms in total. The van der Waals surface area contributed by atoms with Gasteiger partial charge >= 0.3 is 0 Å². The van der Waals surface area contributed by atoms with E-state index in [9.17, 15) is 4.79 Å². The number of amides is 1. The van der Waals surface area contributed by atoms with Crippen LogP contribution in [0.4, 0.5) is 0 Å². The molecule has 4 heteroatoms. The minimum Gasteiger partial charge on any atom is -0.352 e. The van der Waals surface area contributed by atoms with Crippen molar-refractivity contribution in [1.29, 1.82) is 0 Å². The molecule has 1 aliphatic heterocycles. The normalized spacial score (nSPS) is 23.4. The Kier molecular flexibility index (Phi) is 5.71. The third-order valence-electron chi connectivity index (χ3n) is 2.52. The molecule has 1 heterocycles. The minimum absolute atomic E-state index is 0.194. The van der Waals surface area contributed by atoms with Gasteiger partial charge in [0.2, 0.25) is 5.91 Å². The number of carbonyl (C=O) groups is 1. The van der Waals surface area contributed by atoms with E-state index in [-0.39, 0.29) is 17.2 Å². The van der Waals surface area contributed by atoms with Crippen LogP contribution >= 0.6 is 23.4 Å². The van der Waals surface area contributed by atoms with Crippen LogP contribution in [0.3, 0.4) is 0 Å². The summed E-state index contributed by atoms with van der Waals surface area (Å²) in [6.07, 6.45) is 4.06. The molecule has 1 amide bonds. The SMILES string of the molecule is CCC(CCCl)NC(=O)C1CCCS1. The van der Waals surface area contributed by atoms with Crippen molar-refractivity contribution >= 4 is 29.3 Å². The lowest BCUT2D eigenvalue weighted by atomic mass is 10.1. The Balaban J connectivity index is 2.29. The fraction of sp³-hybridized carbons (Fsp3) is 0.900. The zero-order valence-corrected chi connectivity index (χ0v) is 10.2. The molecule has 0 bridgehead atoms. The lowest BCUT2D eigenvalue weighted by molar-refractivity contribution is -0.121.